The molecule has 0 aliphatic heterocycles. The van der Waals surface area contributed by atoms with Crippen molar-refractivity contribution in [3.8, 4) is 0 Å². The quantitative estimate of drug-likeness (QED) is 0.901. The minimum Gasteiger partial charge on any atom is -0.480 e. The molecule has 100 valence electrons. The smallest absolute Gasteiger partial charge is 0.325 e. The first-order valence-corrected chi connectivity index (χ1v) is 7.23. The van der Waals surface area contributed by atoms with E-state index in [9.17, 15) is 4.79 Å². The molecule has 2 aromatic rings. The van der Waals surface area contributed by atoms with Crippen LogP contribution in [0.1, 0.15) is 30.2 Å². The number of aryl methyl sites for hydroxylation is 2. The zero-order chi connectivity index (χ0) is 13.4. The SMILES string of the molecule is CC(Nc1ncnc2sc3c(c12)CCCC3)C(=O)O. The molecule has 0 bridgehead atoms. The van der Waals surface area contributed by atoms with Crippen LogP contribution in [0, 0.1) is 0 Å². The largest absolute Gasteiger partial charge is 0.480 e. The first-order chi connectivity index (χ1) is 9.16. The van der Waals surface area contributed by atoms with Gasteiger partial charge in [-0.3, -0.25) is 4.79 Å². The maximum absolute atomic E-state index is 11.0. The lowest BCUT2D eigenvalue weighted by molar-refractivity contribution is -0.137. The zero-order valence-electron chi connectivity index (χ0n) is 10.6. The molecular weight excluding hydrogens is 262 g/mol. The van der Waals surface area contributed by atoms with Gasteiger partial charge in [-0.05, 0) is 38.2 Å². The number of hydrogen-bond acceptors (Lipinski definition) is 5. The topological polar surface area (TPSA) is 75.1 Å². The third-order valence-electron chi connectivity index (χ3n) is 3.47. The Morgan fingerprint density at radius 1 is 1.42 bits per heavy atom. The highest BCUT2D eigenvalue weighted by atomic mass is 32.1. The van der Waals surface area contributed by atoms with Crippen LogP contribution < -0.4 is 5.32 Å². The van der Waals surface area contributed by atoms with Gasteiger partial charge in [0.1, 0.15) is 23.0 Å². The summed E-state index contributed by atoms with van der Waals surface area (Å²) in [6.07, 6.45) is 6.05. The molecule has 5 nitrogen and oxygen atoms in total. The summed E-state index contributed by atoms with van der Waals surface area (Å²) in [5, 5.41) is 13.0. The molecule has 1 unspecified atom stereocenters. The number of aromatic nitrogens is 2. The van der Waals surface area contributed by atoms with E-state index >= 15 is 0 Å². The molecule has 0 amide bonds. The Hall–Kier alpha value is -1.69. The van der Waals surface area contributed by atoms with Crippen LogP contribution in [-0.4, -0.2) is 27.1 Å². The zero-order valence-corrected chi connectivity index (χ0v) is 11.5. The van der Waals surface area contributed by atoms with E-state index in [2.05, 4.69) is 15.3 Å². The first kappa shape index (κ1) is 12.3. The van der Waals surface area contributed by atoms with E-state index in [0.29, 0.717) is 5.82 Å². The molecule has 6 heteroatoms. The average molecular weight is 277 g/mol. The van der Waals surface area contributed by atoms with Crippen molar-refractivity contribution in [2.75, 3.05) is 5.32 Å². The van der Waals surface area contributed by atoms with Gasteiger partial charge in [0.25, 0.3) is 0 Å². The molecule has 2 N–H and O–H groups in total. The number of rotatable bonds is 3. The fourth-order valence-electron chi connectivity index (χ4n) is 2.47. The summed E-state index contributed by atoms with van der Waals surface area (Å²) < 4.78 is 0. The Labute approximate surface area is 114 Å². The monoisotopic (exact) mass is 277 g/mol. The highest BCUT2D eigenvalue weighted by Crippen LogP contribution is 2.38. The number of hydrogen-bond donors (Lipinski definition) is 2. The molecule has 0 aromatic carbocycles. The van der Waals surface area contributed by atoms with E-state index in [0.717, 1.165) is 23.1 Å². The molecule has 2 heterocycles. The van der Waals surface area contributed by atoms with Gasteiger partial charge in [-0.25, -0.2) is 9.97 Å². The normalized spacial score (nSPS) is 16.1. The predicted molar refractivity (Wildman–Crippen MR) is 74.8 cm³/mol. The van der Waals surface area contributed by atoms with E-state index < -0.39 is 12.0 Å². The van der Waals surface area contributed by atoms with Crippen molar-refractivity contribution in [1.82, 2.24) is 9.97 Å². The van der Waals surface area contributed by atoms with E-state index in [1.807, 2.05) is 0 Å². The molecule has 0 radical (unpaired) electrons. The standard InChI is InChI=1S/C13H15N3O2S/c1-7(13(17)18)16-11-10-8-4-2-3-5-9(8)19-12(10)15-6-14-11/h6-7H,2-5H2,1H3,(H,17,18)(H,14,15,16). The number of fused-ring (bicyclic) bond motifs is 3. The highest BCUT2D eigenvalue weighted by molar-refractivity contribution is 7.19. The van der Waals surface area contributed by atoms with Crippen molar-refractivity contribution >= 4 is 33.3 Å². The summed E-state index contributed by atoms with van der Waals surface area (Å²) in [6, 6.07) is -0.655. The van der Waals surface area contributed by atoms with Gasteiger partial charge in [-0.2, -0.15) is 0 Å². The Balaban J connectivity index is 2.09. The fraction of sp³-hybridized carbons (Fsp3) is 0.462. The molecule has 19 heavy (non-hydrogen) atoms. The van der Waals surface area contributed by atoms with Crippen LogP contribution in [-0.2, 0) is 17.6 Å². The van der Waals surface area contributed by atoms with Crippen LogP contribution in [0.4, 0.5) is 5.82 Å². The van der Waals surface area contributed by atoms with E-state index in [-0.39, 0.29) is 0 Å². The molecular formula is C13H15N3O2S. The minimum atomic E-state index is -0.879. The third-order valence-corrected chi connectivity index (χ3v) is 4.67. The van der Waals surface area contributed by atoms with Gasteiger partial charge in [0.2, 0.25) is 0 Å². The molecule has 0 fully saturated rings. The molecule has 0 saturated heterocycles. The van der Waals surface area contributed by atoms with Gasteiger partial charge in [0, 0.05) is 4.88 Å². The number of nitrogens with one attached hydrogen (secondary N) is 1. The van der Waals surface area contributed by atoms with Crippen molar-refractivity contribution in [3.63, 3.8) is 0 Å². The van der Waals surface area contributed by atoms with Gasteiger partial charge >= 0.3 is 5.97 Å². The van der Waals surface area contributed by atoms with Gasteiger partial charge in [-0.1, -0.05) is 0 Å². The van der Waals surface area contributed by atoms with Crippen LogP contribution >= 0.6 is 11.3 Å². The van der Waals surface area contributed by atoms with Crippen LogP contribution in [0.2, 0.25) is 0 Å². The molecule has 2 aromatic heterocycles. The Bertz CT molecular complexity index is 638. The second-order valence-corrected chi connectivity index (χ2v) is 5.90. The van der Waals surface area contributed by atoms with Gasteiger partial charge < -0.3 is 10.4 Å². The lowest BCUT2D eigenvalue weighted by atomic mass is 9.97. The van der Waals surface area contributed by atoms with Crippen LogP contribution in [0.5, 0.6) is 0 Å². The molecule has 1 aliphatic carbocycles. The van der Waals surface area contributed by atoms with Gasteiger partial charge in [0.15, 0.2) is 0 Å². The van der Waals surface area contributed by atoms with Crippen molar-refractivity contribution < 1.29 is 9.90 Å². The Morgan fingerprint density at radius 2 is 2.21 bits per heavy atom. The number of nitrogens with zero attached hydrogens (tertiary/aromatic N) is 2. The summed E-state index contributed by atoms with van der Waals surface area (Å²) in [4.78, 5) is 21.9. The van der Waals surface area contributed by atoms with Crippen LogP contribution in [0.3, 0.4) is 0 Å². The maximum Gasteiger partial charge on any atom is 0.325 e. The highest BCUT2D eigenvalue weighted by Gasteiger charge is 2.21. The summed E-state index contributed by atoms with van der Waals surface area (Å²) in [7, 11) is 0. The average Bonchev–Trinajstić information content (AvgIpc) is 2.77. The Kier molecular flexibility index (Phi) is 3.10. The minimum absolute atomic E-state index is 0.652. The first-order valence-electron chi connectivity index (χ1n) is 6.41. The Morgan fingerprint density at radius 3 is 3.00 bits per heavy atom. The lowest BCUT2D eigenvalue weighted by Crippen LogP contribution is -2.26. The van der Waals surface area contributed by atoms with Crippen LogP contribution in [0.25, 0.3) is 10.2 Å². The second kappa shape index (κ2) is 4.77. The predicted octanol–water partition coefficient (Wildman–Crippen LogP) is 2.46. The fourth-order valence-corrected chi connectivity index (χ4v) is 3.70. The summed E-state index contributed by atoms with van der Waals surface area (Å²) >= 11 is 1.71. The molecule has 3 rings (SSSR count). The third kappa shape index (κ3) is 2.16. The number of carboxylic acid groups (broad SMARTS) is 1. The maximum atomic E-state index is 11.0. The van der Waals surface area contributed by atoms with Gasteiger partial charge in [-0.15, -0.1) is 11.3 Å². The number of thiophene rings is 1. The number of carboxylic acids is 1. The van der Waals surface area contributed by atoms with Crippen LogP contribution in [0.15, 0.2) is 6.33 Å². The summed E-state index contributed by atoms with van der Waals surface area (Å²) in [6.45, 7) is 1.62. The van der Waals surface area contributed by atoms with Crippen molar-refractivity contribution in [2.24, 2.45) is 0 Å². The number of carbonyl (C=O) groups is 1. The molecule has 0 saturated carbocycles. The number of anilines is 1. The summed E-state index contributed by atoms with van der Waals surface area (Å²) in [5.41, 5.74) is 1.31. The molecule has 0 spiro atoms. The summed E-state index contributed by atoms with van der Waals surface area (Å²) in [5.74, 6) is -0.227. The van der Waals surface area contributed by atoms with Gasteiger partial charge in [0.05, 0.1) is 5.39 Å². The van der Waals surface area contributed by atoms with E-state index in [1.165, 1.54) is 29.6 Å². The lowest BCUT2D eigenvalue weighted by Gasteiger charge is -2.14. The van der Waals surface area contributed by atoms with E-state index in [1.54, 1.807) is 18.3 Å². The molecule has 1 atom stereocenters. The van der Waals surface area contributed by atoms with Crippen molar-refractivity contribution in [3.05, 3.63) is 16.8 Å². The second-order valence-electron chi connectivity index (χ2n) is 4.82. The van der Waals surface area contributed by atoms with Crippen molar-refractivity contribution in [2.45, 2.75) is 38.6 Å². The number of aliphatic carboxylic acids is 1. The molecule has 1 aliphatic rings. The van der Waals surface area contributed by atoms with Crippen molar-refractivity contribution in [1.29, 1.82) is 0 Å². The van der Waals surface area contributed by atoms with E-state index in [4.69, 9.17) is 5.11 Å².